The Labute approximate surface area is 122 Å². The molecule has 0 spiro atoms. The number of rotatable bonds is 2. The first-order valence-corrected chi connectivity index (χ1v) is 6.81. The molecule has 0 aliphatic rings. The molecule has 0 atom stereocenters. The van der Waals surface area contributed by atoms with Crippen molar-refractivity contribution < 1.29 is 4.39 Å². The second kappa shape index (κ2) is 5.17. The Kier molecular flexibility index (Phi) is 3.36. The van der Waals surface area contributed by atoms with Crippen LogP contribution in [0.4, 0.5) is 4.39 Å². The van der Waals surface area contributed by atoms with Gasteiger partial charge in [0, 0.05) is 28.3 Å². The van der Waals surface area contributed by atoms with E-state index in [2.05, 4.69) is 20.9 Å². The summed E-state index contributed by atoms with van der Waals surface area (Å²) in [6, 6.07) is 9.61. The van der Waals surface area contributed by atoms with Crippen LogP contribution in [0.2, 0.25) is 0 Å². The predicted octanol–water partition coefficient (Wildman–Crippen LogP) is 3.35. The van der Waals surface area contributed by atoms with Gasteiger partial charge in [-0.2, -0.15) is 0 Å². The topological polar surface area (TPSA) is 34.9 Å². The van der Waals surface area contributed by atoms with E-state index in [1.165, 1.54) is 18.2 Å². The van der Waals surface area contributed by atoms with Gasteiger partial charge in [0.15, 0.2) is 0 Å². The lowest BCUT2D eigenvalue weighted by molar-refractivity contribution is 0.623. The fourth-order valence-electron chi connectivity index (χ4n) is 2.08. The molecule has 20 heavy (non-hydrogen) atoms. The Morgan fingerprint density at radius 3 is 2.90 bits per heavy atom. The van der Waals surface area contributed by atoms with Crippen LogP contribution >= 0.6 is 15.9 Å². The maximum atomic E-state index is 13.2. The third kappa shape index (κ3) is 2.63. The maximum Gasteiger partial charge on any atom is 0.253 e. The molecule has 0 radical (unpaired) electrons. The summed E-state index contributed by atoms with van der Waals surface area (Å²) < 4.78 is 15.6. The zero-order chi connectivity index (χ0) is 14.1. The summed E-state index contributed by atoms with van der Waals surface area (Å²) in [5.41, 5.74) is 1.24. The van der Waals surface area contributed by atoms with Crippen molar-refractivity contribution in [1.29, 1.82) is 0 Å². The van der Waals surface area contributed by atoms with Crippen molar-refractivity contribution in [3.8, 4) is 0 Å². The molecule has 0 fully saturated rings. The quantitative estimate of drug-likeness (QED) is 0.721. The van der Waals surface area contributed by atoms with Gasteiger partial charge in [-0.05, 0) is 39.7 Å². The van der Waals surface area contributed by atoms with E-state index in [1.807, 2.05) is 6.07 Å². The molecule has 3 aromatic rings. The van der Waals surface area contributed by atoms with Gasteiger partial charge in [-0.3, -0.25) is 9.78 Å². The van der Waals surface area contributed by atoms with Crippen molar-refractivity contribution in [3.63, 3.8) is 0 Å². The molecule has 100 valence electrons. The first-order chi connectivity index (χ1) is 9.61. The fraction of sp³-hybridized carbons (Fsp3) is 0.0667. The maximum absolute atomic E-state index is 13.2. The Balaban J connectivity index is 2.07. The largest absolute Gasteiger partial charge is 0.310 e. The van der Waals surface area contributed by atoms with Crippen LogP contribution in [0, 0.1) is 5.82 Å². The van der Waals surface area contributed by atoms with Gasteiger partial charge in [-0.15, -0.1) is 0 Å². The lowest BCUT2D eigenvalue weighted by Crippen LogP contribution is -2.19. The number of nitrogens with zero attached hydrogens (tertiary/aromatic N) is 2. The Bertz CT molecular complexity index is 845. The molecule has 3 rings (SSSR count). The minimum absolute atomic E-state index is 0.156. The van der Waals surface area contributed by atoms with Gasteiger partial charge < -0.3 is 4.57 Å². The molecule has 0 aliphatic heterocycles. The second-order valence-corrected chi connectivity index (χ2v) is 5.41. The van der Waals surface area contributed by atoms with Gasteiger partial charge >= 0.3 is 0 Å². The van der Waals surface area contributed by atoms with E-state index < -0.39 is 0 Å². The van der Waals surface area contributed by atoms with Crippen LogP contribution in [0.1, 0.15) is 5.56 Å². The summed E-state index contributed by atoms with van der Waals surface area (Å²) in [5.74, 6) is -0.305. The first-order valence-electron chi connectivity index (χ1n) is 6.02. The van der Waals surface area contributed by atoms with Crippen LogP contribution < -0.4 is 5.56 Å². The van der Waals surface area contributed by atoms with Crippen LogP contribution in [-0.2, 0) is 6.54 Å². The monoisotopic (exact) mass is 332 g/mol. The molecule has 3 nitrogen and oxygen atoms in total. The number of hydrogen-bond acceptors (Lipinski definition) is 2. The molecule has 0 unspecified atom stereocenters. The number of aromatic nitrogens is 2. The Morgan fingerprint density at radius 1 is 1.25 bits per heavy atom. The Hall–Kier alpha value is -2.01. The van der Waals surface area contributed by atoms with Crippen molar-refractivity contribution in [2.24, 2.45) is 0 Å². The lowest BCUT2D eigenvalue weighted by atomic mass is 10.2. The van der Waals surface area contributed by atoms with E-state index in [0.717, 1.165) is 15.4 Å². The van der Waals surface area contributed by atoms with Gasteiger partial charge in [-0.1, -0.05) is 12.1 Å². The summed E-state index contributed by atoms with van der Waals surface area (Å²) in [7, 11) is 0. The summed E-state index contributed by atoms with van der Waals surface area (Å²) in [5, 5.41) is 0.857. The molecule has 0 saturated carbocycles. The molecule has 2 heterocycles. The minimum Gasteiger partial charge on any atom is -0.310 e. The van der Waals surface area contributed by atoms with Crippen molar-refractivity contribution in [2.45, 2.75) is 6.54 Å². The molecule has 5 heteroatoms. The highest BCUT2D eigenvalue weighted by molar-refractivity contribution is 9.10. The Morgan fingerprint density at radius 2 is 2.10 bits per heavy atom. The lowest BCUT2D eigenvalue weighted by Gasteiger charge is -2.07. The van der Waals surface area contributed by atoms with Crippen molar-refractivity contribution >= 4 is 26.8 Å². The van der Waals surface area contributed by atoms with Crippen molar-refractivity contribution in [2.75, 3.05) is 0 Å². The third-order valence-corrected chi connectivity index (χ3v) is 3.43. The average molecular weight is 333 g/mol. The third-order valence-electron chi connectivity index (χ3n) is 3.00. The molecule has 0 bridgehead atoms. The van der Waals surface area contributed by atoms with Crippen LogP contribution in [0.25, 0.3) is 10.9 Å². The highest BCUT2D eigenvalue weighted by atomic mass is 79.9. The van der Waals surface area contributed by atoms with Gasteiger partial charge in [0.25, 0.3) is 5.56 Å². The van der Waals surface area contributed by atoms with Gasteiger partial charge in [-0.25, -0.2) is 4.39 Å². The van der Waals surface area contributed by atoms with Crippen molar-refractivity contribution in [3.05, 3.63) is 75.0 Å². The number of pyridine rings is 2. The van der Waals surface area contributed by atoms with E-state index in [9.17, 15) is 9.18 Å². The summed E-state index contributed by atoms with van der Waals surface area (Å²) in [4.78, 5) is 16.2. The van der Waals surface area contributed by atoms with E-state index in [1.54, 1.807) is 29.1 Å². The van der Waals surface area contributed by atoms with Crippen molar-refractivity contribution in [1.82, 2.24) is 9.55 Å². The number of hydrogen-bond donors (Lipinski definition) is 0. The zero-order valence-electron chi connectivity index (χ0n) is 10.4. The average Bonchev–Trinajstić information content (AvgIpc) is 2.40. The summed E-state index contributed by atoms with van der Waals surface area (Å²) in [6.07, 6.45) is 3.39. The molecular formula is C15H10BrFN2O. The van der Waals surface area contributed by atoms with Crippen LogP contribution in [0.3, 0.4) is 0 Å². The molecule has 0 N–H and O–H groups in total. The molecule has 0 saturated heterocycles. The van der Waals surface area contributed by atoms with Crippen LogP contribution in [0.15, 0.2) is 58.1 Å². The normalized spacial score (nSPS) is 10.9. The van der Waals surface area contributed by atoms with E-state index in [-0.39, 0.29) is 11.4 Å². The standard InChI is InChI=1S/C15H10BrFN2O/c16-12-5-11-9-19(15(20)6-14(11)18-7-12)8-10-2-1-3-13(17)4-10/h1-7,9H,8H2. The highest BCUT2D eigenvalue weighted by Gasteiger charge is 2.03. The number of benzene rings is 1. The first kappa shape index (κ1) is 13.0. The SMILES string of the molecule is O=c1cc2ncc(Br)cc2cn1Cc1cccc(F)c1. The summed E-state index contributed by atoms with van der Waals surface area (Å²) >= 11 is 3.35. The zero-order valence-corrected chi connectivity index (χ0v) is 12.0. The predicted molar refractivity (Wildman–Crippen MR) is 79.2 cm³/mol. The fourth-order valence-corrected chi connectivity index (χ4v) is 2.43. The van der Waals surface area contributed by atoms with Gasteiger partial charge in [0.05, 0.1) is 12.1 Å². The van der Waals surface area contributed by atoms with E-state index >= 15 is 0 Å². The van der Waals surface area contributed by atoms with E-state index in [4.69, 9.17) is 0 Å². The van der Waals surface area contributed by atoms with E-state index in [0.29, 0.717) is 12.1 Å². The van der Waals surface area contributed by atoms with Gasteiger partial charge in [0.2, 0.25) is 0 Å². The van der Waals surface area contributed by atoms with Crippen LogP contribution in [0.5, 0.6) is 0 Å². The van der Waals surface area contributed by atoms with Gasteiger partial charge in [0.1, 0.15) is 5.82 Å². The molecule has 1 aromatic carbocycles. The molecular weight excluding hydrogens is 323 g/mol. The molecule has 2 aromatic heterocycles. The second-order valence-electron chi connectivity index (χ2n) is 4.50. The molecule has 0 amide bonds. The number of fused-ring (bicyclic) bond motifs is 1. The summed E-state index contributed by atoms with van der Waals surface area (Å²) in [6.45, 7) is 0.332. The smallest absolute Gasteiger partial charge is 0.253 e. The molecule has 0 aliphatic carbocycles. The highest BCUT2D eigenvalue weighted by Crippen LogP contribution is 2.15. The van der Waals surface area contributed by atoms with Crippen LogP contribution in [-0.4, -0.2) is 9.55 Å². The minimum atomic E-state index is -0.305. The number of halogens is 2.